The number of likely N-dealkylation sites (N-methyl/N-ethyl adjacent to an activating group) is 1. The molecule has 6 rings (SSSR count). The van der Waals surface area contributed by atoms with Crippen molar-refractivity contribution in [3.63, 3.8) is 0 Å². The molecule has 4 heterocycles. The van der Waals surface area contributed by atoms with Gasteiger partial charge in [0.1, 0.15) is 58.7 Å². The van der Waals surface area contributed by atoms with Crippen LogP contribution in [0.15, 0.2) is 54.1 Å². The van der Waals surface area contributed by atoms with Gasteiger partial charge in [-0.25, -0.2) is 14.4 Å². The van der Waals surface area contributed by atoms with Crippen LogP contribution in [0.25, 0.3) is 0 Å². The Balaban J connectivity index is 1.25. The maximum atomic E-state index is 14.7. The highest BCUT2D eigenvalue weighted by Crippen LogP contribution is 2.49. The standard InChI is InChI=1S/C66H94Br2ClN9O17/c1-38(2)55(72-44(34-79)17-14-22-63(6,7)95-65(35-67,36-68)37-80)58(83)74-46(18-15-23-71-61(70)86)57(82)73-45-21-20-43(31-47(45)78-24-26-91-27-25-78)59(84)76(9)41(5)60(85)93-52-32-53(81)77(10)48-29-42(30-49(89-11)54(48)69)28-39(3)16-13-19-51(90-12)66(88)33-50(92-62(87)75-66)40(4)56-64(52,8)94-56/h13,16,19-21,29-31,34,37-38,40-41,44,46,50-52,55-56,72,88H,14-15,17-18,22-28,32-33,35-36H2,1-12H3,(H,73,82)(H,74,83)(H,75,87)(H3,70,71,86)/b19-13+,39-16+/t40-,41+,44+,46+,50+,51-,52+,55+,56+,64+,66+/m1/s1. The predicted molar refractivity (Wildman–Crippen MR) is 364 cm³/mol. The summed E-state index contributed by atoms with van der Waals surface area (Å²) < 4.78 is 41.7. The average molecular weight is 1480 g/mol. The number of aldehydes is 2. The fourth-order valence-corrected chi connectivity index (χ4v) is 13.7. The van der Waals surface area contributed by atoms with E-state index in [1.165, 1.54) is 51.1 Å². The number of urea groups is 1. The van der Waals surface area contributed by atoms with Crippen LogP contribution in [0.4, 0.5) is 26.7 Å². The van der Waals surface area contributed by atoms with Gasteiger partial charge in [0.05, 0.1) is 67.6 Å². The summed E-state index contributed by atoms with van der Waals surface area (Å²) in [6.07, 6.45) is 3.01. The molecule has 2 aromatic rings. The molecular formula is C66H94Br2ClN9O17. The number of ether oxygens (including phenoxy) is 7. The van der Waals surface area contributed by atoms with Gasteiger partial charge in [0.15, 0.2) is 12.0 Å². The van der Waals surface area contributed by atoms with E-state index in [4.69, 9.17) is 50.5 Å². The molecule has 4 aliphatic heterocycles. The van der Waals surface area contributed by atoms with Gasteiger partial charge in [-0.1, -0.05) is 88.0 Å². The Morgan fingerprint density at radius 2 is 1.71 bits per heavy atom. The Morgan fingerprint density at radius 3 is 2.33 bits per heavy atom. The first kappa shape index (κ1) is 77.8. The number of hydrogen-bond donors (Lipinski definition) is 7. The third kappa shape index (κ3) is 20.2. The molecule has 4 bridgehead atoms. The number of carbonyl (C=O) groups excluding carboxylic acids is 9. The van der Waals surface area contributed by atoms with Crippen LogP contribution in [0.5, 0.6) is 5.75 Å². The zero-order valence-corrected chi connectivity index (χ0v) is 60.1. The molecule has 0 unspecified atom stereocenters. The van der Waals surface area contributed by atoms with Gasteiger partial charge >= 0.3 is 18.1 Å². The van der Waals surface area contributed by atoms with E-state index in [1.807, 2.05) is 31.7 Å². The van der Waals surface area contributed by atoms with Gasteiger partial charge in [0.25, 0.3) is 5.91 Å². The number of morpholine rings is 1. The van der Waals surface area contributed by atoms with Gasteiger partial charge in [-0.3, -0.25) is 29.8 Å². The summed E-state index contributed by atoms with van der Waals surface area (Å²) in [7, 11) is 5.81. The van der Waals surface area contributed by atoms with Crippen molar-refractivity contribution in [2.45, 2.75) is 178 Å². The highest BCUT2D eigenvalue weighted by Gasteiger charge is 2.64. The smallest absolute Gasteiger partial charge is 0.409 e. The van der Waals surface area contributed by atoms with Crippen molar-refractivity contribution in [2.24, 2.45) is 17.6 Å². The third-order valence-electron chi connectivity index (χ3n) is 17.9. The number of esters is 1. The number of amides is 7. The summed E-state index contributed by atoms with van der Waals surface area (Å²) in [5.41, 5.74) is 2.95. The number of allylic oxidation sites excluding steroid dienone is 3. The highest BCUT2D eigenvalue weighted by molar-refractivity contribution is 9.10. The van der Waals surface area contributed by atoms with Crippen LogP contribution in [0.3, 0.4) is 0 Å². The van der Waals surface area contributed by atoms with Crippen molar-refractivity contribution in [3.8, 4) is 5.75 Å². The number of nitrogens with zero attached hydrogens (tertiary/aromatic N) is 3. The minimum Gasteiger partial charge on any atom is -0.495 e. The molecule has 0 aliphatic carbocycles. The molecule has 3 fully saturated rings. The molecule has 11 atom stereocenters. The zero-order chi connectivity index (χ0) is 70.3. The van der Waals surface area contributed by atoms with E-state index in [0.29, 0.717) is 69.1 Å². The van der Waals surface area contributed by atoms with Crippen LogP contribution < -0.4 is 46.9 Å². The van der Waals surface area contributed by atoms with E-state index >= 15 is 0 Å². The van der Waals surface area contributed by atoms with Gasteiger partial charge in [-0.2, -0.15) is 0 Å². The number of hydrogen-bond acceptors (Lipinski definition) is 19. The predicted octanol–water partition coefficient (Wildman–Crippen LogP) is 6.41. The number of primary amides is 1. The number of methoxy groups -OCH3 is 2. The lowest BCUT2D eigenvalue weighted by atomic mass is 9.83. The number of epoxide rings is 1. The first-order valence-corrected chi connectivity index (χ1v) is 34.4. The second-order valence-corrected chi connectivity index (χ2v) is 27.5. The fourth-order valence-electron chi connectivity index (χ4n) is 12.0. The zero-order valence-electron chi connectivity index (χ0n) is 56.2. The summed E-state index contributed by atoms with van der Waals surface area (Å²) >= 11 is 13.6. The number of aliphatic hydroxyl groups is 1. The largest absolute Gasteiger partial charge is 0.495 e. The first-order valence-electron chi connectivity index (χ1n) is 31.8. The summed E-state index contributed by atoms with van der Waals surface area (Å²) in [5, 5.41) is 26.8. The Kier molecular flexibility index (Phi) is 28.1. The Morgan fingerprint density at radius 1 is 1.01 bits per heavy atom. The monoisotopic (exact) mass is 1480 g/mol. The molecule has 0 aromatic heterocycles. The maximum Gasteiger partial charge on any atom is 0.409 e. The van der Waals surface area contributed by atoms with Crippen LogP contribution in [0.2, 0.25) is 5.02 Å². The maximum absolute atomic E-state index is 14.7. The van der Waals surface area contributed by atoms with Crippen LogP contribution >= 0.6 is 43.5 Å². The minimum absolute atomic E-state index is 0.0410. The lowest BCUT2D eigenvalue weighted by Gasteiger charge is -2.42. The fraction of sp³-hybridized carbons (Fsp3) is 0.621. The van der Waals surface area contributed by atoms with E-state index in [2.05, 4.69) is 58.4 Å². The quantitative estimate of drug-likeness (QED) is 0.0159. The summed E-state index contributed by atoms with van der Waals surface area (Å²) in [4.78, 5) is 127. The van der Waals surface area contributed by atoms with Gasteiger partial charge < -0.3 is 84.2 Å². The van der Waals surface area contributed by atoms with E-state index in [9.17, 15) is 48.3 Å². The molecule has 4 aliphatic rings. The number of benzene rings is 2. The molecule has 0 spiro atoms. The van der Waals surface area contributed by atoms with E-state index in [1.54, 1.807) is 64.1 Å². The topological polar surface area (TPSA) is 338 Å². The molecule has 3 saturated heterocycles. The van der Waals surface area contributed by atoms with Crippen molar-refractivity contribution >= 4 is 115 Å². The van der Waals surface area contributed by atoms with Crippen molar-refractivity contribution in [2.75, 3.05) is 86.9 Å². The highest BCUT2D eigenvalue weighted by atomic mass is 79.9. The minimum atomic E-state index is -1.93. The summed E-state index contributed by atoms with van der Waals surface area (Å²) in [5.74, 6) is -3.95. The van der Waals surface area contributed by atoms with Crippen LogP contribution in [0.1, 0.15) is 116 Å². The number of carbonyl (C=O) groups is 9. The lowest BCUT2D eigenvalue weighted by Crippen LogP contribution is -2.63. The van der Waals surface area contributed by atoms with Gasteiger partial charge in [0.2, 0.25) is 17.7 Å². The number of nitrogens with two attached hydrogens (primary N) is 1. The van der Waals surface area contributed by atoms with E-state index in [0.717, 1.165) is 23.7 Å². The number of nitrogens with one attached hydrogen (secondary N) is 5. The molecule has 29 heteroatoms. The van der Waals surface area contributed by atoms with Gasteiger partial charge in [-0.05, 0) is 115 Å². The molecule has 0 saturated carbocycles. The van der Waals surface area contributed by atoms with Crippen molar-refractivity contribution in [1.82, 2.24) is 26.2 Å². The first-order chi connectivity index (χ1) is 44.8. The Bertz CT molecular complexity index is 3150. The van der Waals surface area contributed by atoms with Crippen LogP contribution in [-0.2, 0) is 63.6 Å². The van der Waals surface area contributed by atoms with Gasteiger partial charge in [-0.15, -0.1) is 0 Å². The van der Waals surface area contributed by atoms with E-state index in [-0.39, 0.29) is 58.7 Å². The van der Waals surface area contributed by atoms with E-state index < -0.39 is 125 Å². The average Bonchev–Trinajstić information content (AvgIpc) is 1.58. The second-order valence-electron chi connectivity index (χ2n) is 26.0. The number of anilines is 3. The number of alkyl carbamates (subject to hydrolysis) is 1. The SMILES string of the molecule is COc1cc2cc(c1Cl)N(C)C(=O)C[C@H](OC(=O)[C@H](C)N(C)C(=O)c1ccc(NC(=O)[C@H](CCCNC(N)=O)NC(=O)[C@@H](N[C@H](C=O)CCCC(C)(C)OC(C=O)(CBr)CBr)C(C)C)c(N3CCOCC3)c1)[C@]1(C)O[C@H]1[C@H](C)[C@@H]1C[C@@](O)(NC(=O)O1)[C@H](OC)/C=C/C=C(\C)C2. The lowest BCUT2D eigenvalue weighted by molar-refractivity contribution is -0.158. The van der Waals surface area contributed by atoms with Gasteiger partial charge in [0, 0.05) is 69.4 Å². The van der Waals surface area contributed by atoms with Crippen molar-refractivity contribution in [1.29, 1.82) is 0 Å². The van der Waals surface area contributed by atoms with Crippen molar-refractivity contribution in [3.05, 3.63) is 70.3 Å². The number of fused-ring (bicyclic) bond motifs is 5. The normalized spacial score (nSPS) is 24.8. The summed E-state index contributed by atoms with van der Waals surface area (Å²) in [6, 6.07) is 3.15. The number of rotatable bonds is 28. The molecule has 8 N–H and O–H groups in total. The third-order valence-corrected chi connectivity index (χ3v) is 20.1. The molecular weight excluding hydrogens is 1390 g/mol. The molecule has 26 nitrogen and oxygen atoms in total. The van der Waals surface area contributed by atoms with Crippen molar-refractivity contribution < 1.29 is 81.4 Å². The number of alkyl halides is 2. The molecule has 526 valence electrons. The van der Waals surface area contributed by atoms with Crippen LogP contribution in [0, 0.1) is 11.8 Å². The van der Waals surface area contributed by atoms with Crippen LogP contribution in [-0.4, -0.2) is 207 Å². The molecule has 7 amide bonds. The Hall–Kier alpha value is -6.24. The molecule has 2 aromatic carbocycles. The Labute approximate surface area is 577 Å². The number of halogens is 3. The molecule has 0 radical (unpaired) electrons. The second kappa shape index (κ2) is 34.3. The molecule has 95 heavy (non-hydrogen) atoms. The summed E-state index contributed by atoms with van der Waals surface area (Å²) in [6.45, 7) is 15.5.